The van der Waals surface area contributed by atoms with Crippen LogP contribution >= 0.6 is 0 Å². The van der Waals surface area contributed by atoms with Gasteiger partial charge in [0.25, 0.3) is 0 Å². The number of anilines is 1. The van der Waals surface area contributed by atoms with Gasteiger partial charge >= 0.3 is 0 Å². The van der Waals surface area contributed by atoms with Crippen molar-refractivity contribution in [3.8, 4) is 17.2 Å². The molecule has 4 aliphatic rings. The van der Waals surface area contributed by atoms with Crippen LogP contribution in [-0.2, 0) is 24.6 Å². The van der Waals surface area contributed by atoms with E-state index in [4.69, 9.17) is 4.42 Å². The van der Waals surface area contributed by atoms with Crippen molar-refractivity contribution in [3.63, 3.8) is 0 Å². The largest absolute Gasteiger partial charge is 0.505 e. The fourth-order valence-corrected chi connectivity index (χ4v) is 9.99. The summed E-state index contributed by atoms with van der Waals surface area (Å²) in [5.74, 6) is -6.78. The van der Waals surface area contributed by atoms with E-state index in [0.717, 1.165) is 6.07 Å². The zero-order valence-electron chi connectivity index (χ0n) is 29.8. The Labute approximate surface area is 320 Å². The minimum atomic E-state index is -1.58. The molecule has 1 N–H and O–H groups in total. The first-order valence-corrected chi connectivity index (χ1v) is 18.7. The Bertz CT molecular complexity index is 2650. The number of carbonyl (C=O) groups is 4. The predicted octanol–water partition coefficient (Wildman–Crippen LogP) is 8.37. The number of ketones is 2. The lowest BCUT2D eigenvalue weighted by atomic mass is 9.44. The van der Waals surface area contributed by atoms with Crippen molar-refractivity contribution in [2.24, 2.45) is 23.7 Å². The number of imide groups is 1. The van der Waals surface area contributed by atoms with E-state index < -0.39 is 52.5 Å². The molecule has 2 fully saturated rings. The average Bonchev–Trinajstić information content (AvgIpc) is 3.78. The Morgan fingerprint density at radius 2 is 1.46 bits per heavy atom. The molecule has 6 atom stereocenters. The van der Waals surface area contributed by atoms with Crippen LogP contribution in [0.15, 0.2) is 150 Å². The molecule has 9 heteroatoms. The second-order valence-corrected chi connectivity index (χ2v) is 15.0. The van der Waals surface area contributed by atoms with Gasteiger partial charge in [-0.2, -0.15) is 0 Å². The summed E-state index contributed by atoms with van der Waals surface area (Å²) in [6, 6.07) is 36.5. The summed E-state index contributed by atoms with van der Waals surface area (Å²) in [4.78, 5) is 65.0. The SMILES string of the molecule is O=C1C(c2ccccc2)=CC(=O)[C@@]2(c3ccccc3)[C@@H](c3cccc(F)c3O)C3=CC[C@@H]4C(=O)N(c5ccc(-c6nc7ccccc7o6)cc5)C(=O)[C@@H]4[C@@H]3C[C@@H]12. The number of halogens is 1. The molecule has 2 amide bonds. The molecule has 2 heterocycles. The number of aromatic nitrogens is 1. The monoisotopic (exact) mass is 740 g/mol. The van der Waals surface area contributed by atoms with Crippen molar-refractivity contribution in [2.45, 2.75) is 24.2 Å². The standard InChI is InChI=1S/C47H33FN2O6/c48-36-15-9-14-32(43(36)53)41-30-22-23-31-40(46(55)50(45(31)54)29-20-18-27(19-21-29)44-49-37-16-7-8-17-38(37)56-44)34(30)24-35-42(52)33(26-10-3-1-4-11-26)25-39(51)47(35,41)28-12-5-2-6-13-28/h1-22,25,31,34-35,40-41,53H,23-24H2/t31-,34+,35-,40-,41+,47-/m0/s1. The first kappa shape index (κ1) is 33.8. The summed E-state index contributed by atoms with van der Waals surface area (Å²) in [5.41, 5.74) is 3.01. The van der Waals surface area contributed by atoms with Crippen LogP contribution in [0.3, 0.4) is 0 Å². The van der Waals surface area contributed by atoms with Gasteiger partial charge in [-0.25, -0.2) is 9.37 Å². The third-order valence-corrected chi connectivity index (χ3v) is 12.4. The highest BCUT2D eigenvalue weighted by atomic mass is 19.1. The molecular formula is C47H33FN2O6. The molecule has 5 aromatic carbocycles. The van der Waals surface area contributed by atoms with E-state index in [-0.39, 0.29) is 41.5 Å². The van der Waals surface area contributed by atoms with Gasteiger partial charge in [0.1, 0.15) is 5.52 Å². The van der Waals surface area contributed by atoms with Gasteiger partial charge in [0.05, 0.1) is 22.9 Å². The Morgan fingerprint density at radius 1 is 0.750 bits per heavy atom. The second kappa shape index (κ2) is 12.7. The molecule has 1 saturated carbocycles. The number of hydrogen-bond acceptors (Lipinski definition) is 7. The van der Waals surface area contributed by atoms with Crippen LogP contribution in [-0.4, -0.2) is 33.5 Å². The maximum atomic E-state index is 15.4. The number of Topliss-reactive ketones (excluding diaryl/α,β-unsaturated/α-hetero) is 1. The molecule has 10 rings (SSSR count). The van der Waals surface area contributed by atoms with E-state index in [1.54, 1.807) is 78.9 Å². The number of para-hydroxylation sites is 3. The highest BCUT2D eigenvalue weighted by Gasteiger charge is 2.66. The highest BCUT2D eigenvalue weighted by molar-refractivity contribution is 6.32. The molecule has 1 aromatic heterocycles. The van der Waals surface area contributed by atoms with Crippen molar-refractivity contribution in [2.75, 3.05) is 4.90 Å². The van der Waals surface area contributed by atoms with Crippen molar-refractivity contribution in [1.82, 2.24) is 4.98 Å². The van der Waals surface area contributed by atoms with E-state index in [2.05, 4.69) is 4.98 Å². The summed E-state index contributed by atoms with van der Waals surface area (Å²) in [5, 5.41) is 11.4. The molecule has 0 spiro atoms. The lowest BCUT2D eigenvalue weighted by Crippen LogP contribution is -2.58. The number of rotatable bonds is 5. The number of hydrogen-bond donors (Lipinski definition) is 1. The Balaban J connectivity index is 1.10. The van der Waals surface area contributed by atoms with Crippen LogP contribution in [0.5, 0.6) is 5.75 Å². The number of benzene rings is 5. The van der Waals surface area contributed by atoms with Crippen molar-refractivity contribution in [1.29, 1.82) is 0 Å². The maximum absolute atomic E-state index is 15.4. The number of nitrogens with zero attached hydrogens (tertiary/aromatic N) is 2. The number of aromatic hydroxyl groups is 1. The summed E-state index contributed by atoms with van der Waals surface area (Å²) in [6.07, 6.45) is 3.56. The van der Waals surface area contributed by atoms with Gasteiger partial charge in [-0.15, -0.1) is 0 Å². The zero-order chi connectivity index (χ0) is 38.3. The molecule has 8 nitrogen and oxygen atoms in total. The van der Waals surface area contributed by atoms with E-state index in [1.165, 1.54) is 17.0 Å². The summed E-state index contributed by atoms with van der Waals surface area (Å²) in [6.45, 7) is 0. The van der Waals surface area contributed by atoms with Gasteiger partial charge in [0.15, 0.2) is 28.7 Å². The van der Waals surface area contributed by atoms with E-state index >= 15 is 14.0 Å². The first-order chi connectivity index (χ1) is 27.3. The minimum absolute atomic E-state index is 0.0900. The fourth-order valence-electron chi connectivity index (χ4n) is 9.99. The van der Waals surface area contributed by atoms with Gasteiger partial charge in [0, 0.05) is 28.5 Å². The van der Waals surface area contributed by atoms with Gasteiger partial charge in [-0.05, 0) is 78.4 Å². The summed E-state index contributed by atoms with van der Waals surface area (Å²) in [7, 11) is 0. The van der Waals surface area contributed by atoms with Crippen molar-refractivity contribution < 1.29 is 33.1 Å². The molecule has 6 aromatic rings. The van der Waals surface area contributed by atoms with Crippen LogP contribution < -0.4 is 4.90 Å². The number of amides is 2. The smallest absolute Gasteiger partial charge is 0.238 e. The molecule has 1 saturated heterocycles. The van der Waals surface area contributed by atoms with Gasteiger partial charge in [-0.3, -0.25) is 24.1 Å². The van der Waals surface area contributed by atoms with Crippen molar-refractivity contribution in [3.05, 3.63) is 168 Å². The second-order valence-electron chi connectivity index (χ2n) is 15.0. The third kappa shape index (κ3) is 4.79. The van der Waals surface area contributed by atoms with Crippen LogP contribution in [0.1, 0.15) is 35.4 Å². The molecule has 3 aliphatic carbocycles. The Morgan fingerprint density at radius 3 is 2.21 bits per heavy atom. The number of phenolic OH excluding ortho intramolecular Hbond substituents is 1. The van der Waals surface area contributed by atoms with Gasteiger partial charge in [-0.1, -0.05) is 96.6 Å². The molecular weight excluding hydrogens is 708 g/mol. The number of oxazole rings is 1. The number of allylic oxidation sites excluding steroid dienone is 4. The van der Waals surface area contributed by atoms with Gasteiger partial charge in [0.2, 0.25) is 17.7 Å². The summed E-state index contributed by atoms with van der Waals surface area (Å²) < 4.78 is 21.3. The molecule has 0 bridgehead atoms. The molecule has 1 aliphatic heterocycles. The number of fused-ring (bicyclic) bond motifs is 5. The van der Waals surface area contributed by atoms with E-state index in [1.807, 2.05) is 42.5 Å². The lowest BCUT2D eigenvalue weighted by Gasteiger charge is -2.55. The third-order valence-electron chi connectivity index (χ3n) is 12.4. The van der Waals surface area contributed by atoms with Crippen LogP contribution in [0.2, 0.25) is 0 Å². The molecule has 0 unspecified atom stereocenters. The maximum Gasteiger partial charge on any atom is 0.238 e. The van der Waals surface area contributed by atoms with Gasteiger partial charge < -0.3 is 9.52 Å². The Hall–Kier alpha value is -6.74. The molecule has 0 radical (unpaired) electrons. The normalized spacial score (nSPS) is 25.7. The molecule has 274 valence electrons. The average molecular weight is 741 g/mol. The van der Waals surface area contributed by atoms with E-state index in [0.29, 0.717) is 44.9 Å². The quantitative estimate of drug-likeness (QED) is 0.139. The summed E-state index contributed by atoms with van der Waals surface area (Å²) >= 11 is 0. The van der Waals surface area contributed by atoms with E-state index in [9.17, 15) is 14.7 Å². The first-order valence-electron chi connectivity index (χ1n) is 18.7. The van der Waals surface area contributed by atoms with Crippen LogP contribution in [0.25, 0.3) is 28.1 Å². The van der Waals surface area contributed by atoms with Crippen LogP contribution in [0.4, 0.5) is 10.1 Å². The van der Waals surface area contributed by atoms with Crippen molar-refractivity contribution >= 4 is 45.7 Å². The number of phenols is 1. The topological polar surface area (TPSA) is 118 Å². The highest BCUT2D eigenvalue weighted by Crippen LogP contribution is 2.64. The minimum Gasteiger partial charge on any atom is -0.505 e. The zero-order valence-corrected chi connectivity index (χ0v) is 29.8. The lowest BCUT2D eigenvalue weighted by molar-refractivity contribution is -0.135. The van der Waals surface area contributed by atoms with Crippen LogP contribution in [0, 0.1) is 29.5 Å². The predicted molar refractivity (Wildman–Crippen MR) is 207 cm³/mol. The number of carbonyl (C=O) groups excluding carboxylic acids is 4. The molecule has 56 heavy (non-hydrogen) atoms. The Kier molecular flexibility index (Phi) is 7.64. The fraction of sp³-hybridized carbons (Fsp3) is 0.170.